The van der Waals surface area contributed by atoms with Crippen molar-refractivity contribution in [1.82, 2.24) is 4.98 Å². The molecule has 5 nitrogen and oxygen atoms in total. The van der Waals surface area contributed by atoms with Crippen LogP contribution in [0.25, 0.3) is 22.4 Å². The quantitative estimate of drug-likeness (QED) is 0.712. The van der Waals surface area contributed by atoms with Gasteiger partial charge in [-0.1, -0.05) is 19.1 Å². The normalized spacial score (nSPS) is 10.9. The van der Waals surface area contributed by atoms with Crippen molar-refractivity contribution < 1.29 is 13.9 Å². The van der Waals surface area contributed by atoms with Crippen molar-refractivity contribution in [3.05, 3.63) is 29.6 Å². The molecule has 0 aliphatic rings. The molecule has 23 heavy (non-hydrogen) atoms. The summed E-state index contributed by atoms with van der Waals surface area (Å²) in [5.41, 5.74) is 1.43. The number of hydrogen-bond acceptors (Lipinski definition) is 5. The van der Waals surface area contributed by atoms with Crippen LogP contribution in [0.1, 0.15) is 26.7 Å². The number of nitrogens with zero attached hydrogens (tertiary/aromatic N) is 1. The highest BCUT2D eigenvalue weighted by atomic mass is 32.1. The summed E-state index contributed by atoms with van der Waals surface area (Å²) >= 11 is 1.39. The Kier molecular flexibility index (Phi) is 4.62. The van der Waals surface area contributed by atoms with Crippen molar-refractivity contribution in [2.24, 2.45) is 0 Å². The average Bonchev–Trinajstić information content (AvgIpc) is 3.14. The van der Waals surface area contributed by atoms with Gasteiger partial charge in [-0.2, -0.15) is 0 Å². The van der Waals surface area contributed by atoms with Gasteiger partial charge in [0.15, 0.2) is 22.2 Å². The minimum Gasteiger partial charge on any atom is -0.490 e. The molecule has 1 N–H and O–H groups in total. The number of hydrogen-bond donors (Lipinski definition) is 1. The minimum absolute atomic E-state index is 0.0170. The van der Waals surface area contributed by atoms with Gasteiger partial charge in [0.1, 0.15) is 5.69 Å². The van der Waals surface area contributed by atoms with Crippen molar-refractivity contribution in [3.63, 3.8) is 0 Å². The van der Waals surface area contributed by atoms with Gasteiger partial charge in [-0.3, -0.25) is 4.79 Å². The SMILES string of the molecule is CCCC(=O)Nc1nc(-c2cc3cccc(OCC)c3o2)cs1. The predicted octanol–water partition coefficient (Wildman–Crippen LogP) is 4.69. The van der Waals surface area contributed by atoms with Crippen LogP contribution in [0.2, 0.25) is 0 Å². The zero-order chi connectivity index (χ0) is 16.2. The second kappa shape index (κ2) is 6.83. The Morgan fingerprint density at radius 2 is 2.26 bits per heavy atom. The largest absolute Gasteiger partial charge is 0.490 e. The molecule has 0 aliphatic heterocycles. The Morgan fingerprint density at radius 3 is 3.04 bits per heavy atom. The lowest BCUT2D eigenvalue weighted by molar-refractivity contribution is -0.116. The van der Waals surface area contributed by atoms with E-state index in [1.807, 2.05) is 43.5 Å². The number of carbonyl (C=O) groups is 1. The fraction of sp³-hybridized carbons (Fsp3) is 0.294. The third kappa shape index (κ3) is 3.37. The molecular formula is C17H18N2O3S. The van der Waals surface area contributed by atoms with Crippen LogP contribution >= 0.6 is 11.3 Å². The Morgan fingerprint density at radius 1 is 1.39 bits per heavy atom. The maximum absolute atomic E-state index is 11.6. The third-order valence-corrected chi connectivity index (χ3v) is 4.05. The summed E-state index contributed by atoms with van der Waals surface area (Å²) in [5.74, 6) is 1.37. The van der Waals surface area contributed by atoms with Crippen LogP contribution in [0.15, 0.2) is 34.1 Å². The maximum Gasteiger partial charge on any atom is 0.226 e. The molecule has 0 atom stereocenters. The number of nitrogens with one attached hydrogen (secondary N) is 1. The van der Waals surface area contributed by atoms with Crippen LogP contribution in [0.3, 0.4) is 0 Å². The number of fused-ring (bicyclic) bond motifs is 1. The monoisotopic (exact) mass is 330 g/mol. The standard InChI is InChI=1S/C17H18N2O3S/c1-3-6-15(20)19-17-18-12(10-23-17)14-9-11-7-5-8-13(21-4-2)16(11)22-14/h5,7-10H,3-4,6H2,1-2H3,(H,18,19,20). The van der Waals surface area contributed by atoms with E-state index in [2.05, 4.69) is 10.3 Å². The van der Waals surface area contributed by atoms with E-state index in [1.165, 1.54) is 11.3 Å². The first kappa shape index (κ1) is 15.6. The van der Waals surface area contributed by atoms with Crippen molar-refractivity contribution >= 4 is 33.3 Å². The summed E-state index contributed by atoms with van der Waals surface area (Å²) in [6.45, 7) is 4.49. The lowest BCUT2D eigenvalue weighted by Crippen LogP contribution is -2.10. The number of rotatable bonds is 6. The molecule has 2 aromatic heterocycles. The maximum atomic E-state index is 11.6. The number of aromatic nitrogens is 1. The van der Waals surface area contributed by atoms with E-state index in [4.69, 9.17) is 9.15 Å². The molecule has 0 saturated heterocycles. The predicted molar refractivity (Wildman–Crippen MR) is 92.0 cm³/mol. The Balaban J connectivity index is 1.87. The van der Waals surface area contributed by atoms with Crippen LogP contribution in [-0.2, 0) is 4.79 Å². The summed E-state index contributed by atoms with van der Waals surface area (Å²) in [6.07, 6.45) is 1.31. The van der Waals surface area contributed by atoms with E-state index in [1.54, 1.807) is 0 Å². The zero-order valence-electron chi connectivity index (χ0n) is 13.1. The Bertz CT molecular complexity index is 822. The molecule has 0 aliphatic carbocycles. The summed E-state index contributed by atoms with van der Waals surface area (Å²) in [4.78, 5) is 16.1. The lowest BCUT2D eigenvalue weighted by atomic mass is 10.2. The molecule has 0 radical (unpaired) electrons. The molecule has 0 spiro atoms. The van der Waals surface area contributed by atoms with Gasteiger partial charge in [-0.05, 0) is 25.5 Å². The highest BCUT2D eigenvalue weighted by Crippen LogP contribution is 2.34. The van der Waals surface area contributed by atoms with Gasteiger partial charge in [0, 0.05) is 17.2 Å². The summed E-state index contributed by atoms with van der Waals surface area (Å²) in [5, 5.41) is 6.23. The minimum atomic E-state index is -0.0170. The van der Waals surface area contributed by atoms with Crippen molar-refractivity contribution in [1.29, 1.82) is 0 Å². The molecule has 3 aromatic rings. The second-order valence-electron chi connectivity index (χ2n) is 5.05. The summed E-state index contributed by atoms with van der Waals surface area (Å²) < 4.78 is 11.5. The van der Waals surface area contributed by atoms with Crippen molar-refractivity contribution in [3.8, 4) is 17.2 Å². The molecule has 120 valence electrons. The average molecular weight is 330 g/mol. The first-order chi connectivity index (χ1) is 11.2. The smallest absolute Gasteiger partial charge is 0.226 e. The van der Waals surface area contributed by atoms with Crippen LogP contribution in [0.5, 0.6) is 5.75 Å². The second-order valence-corrected chi connectivity index (χ2v) is 5.91. The topological polar surface area (TPSA) is 64.4 Å². The van der Waals surface area contributed by atoms with E-state index in [0.29, 0.717) is 35.2 Å². The van der Waals surface area contributed by atoms with Crippen LogP contribution < -0.4 is 10.1 Å². The van der Waals surface area contributed by atoms with Gasteiger partial charge in [0.2, 0.25) is 5.91 Å². The van der Waals surface area contributed by atoms with Gasteiger partial charge in [-0.25, -0.2) is 4.98 Å². The first-order valence-electron chi connectivity index (χ1n) is 7.62. The number of carbonyl (C=O) groups excluding carboxylic acids is 1. The van der Waals surface area contributed by atoms with Gasteiger partial charge in [0.05, 0.1) is 6.61 Å². The molecule has 0 unspecified atom stereocenters. The van der Waals surface area contributed by atoms with Crippen LogP contribution in [0, 0.1) is 0 Å². The number of ether oxygens (including phenoxy) is 1. The molecule has 0 fully saturated rings. The van der Waals surface area contributed by atoms with E-state index in [-0.39, 0.29) is 5.91 Å². The molecule has 0 saturated carbocycles. The number of benzene rings is 1. The van der Waals surface area contributed by atoms with Gasteiger partial charge in [-0.15, -0.1) is 11.3 Å². The van der Waals surface area contributed by atoms with Gasteiger partial charge < -0.3 is 14.5 Å². The Hall–Kier alpha value is -2.34. The van der Waals surface area contributed by atoms with Crippen molar-refractivity contribution in [2.45, 2.75) is 26.7 Å². The first-order valence-corrected chi connectivity index (χ1v) is 8.50. The number of amides is 1. The van der Waals surface area contributed by atoms with E-state index in [0.717, 1.165) is 17.6 Å². The summed E-state index contributed by atoms with van der Waals surface area (Å²) in [7, 11) is 0. The number of furan rings is 1. The molecule has 0 bridgehead atoms. The van der Waals surface area contributed by atoms with E-state index in [9.17, 15) is 4.79 Å². The molecule has 3 rings (SSSR count). The molecule has 1 aromatic carbocycles. The van der Waals surface area contributed by atoms with Gasteiger partial charge in [0.25, 0.3) is 0 Å². The van der Waals surface area contributed by atoms with Crippen molar-refractivity contribution in [2.75, 3.05) is 11.9 Å². The molecule has 2 heterocycles. The Labute approximate surface area is 138 Å². The number of para-hydroxylation sites is 1. The lowest BCUT2D eigenvalue weighted by Gasteiger charge is -2.02. The zero-order valence-corrected chi connectivity index (χ0v) is 13.9. The molecule has 6 heteroatoms. The van der Waals surface area contributed by atoms with E-state index < -0.39 is 0 Å². The fourth-order valence-electron chi connectivity index (χ4n) is 2.28. The highest BCUT2D eigenvalue weighted by molar-refractivity contribution is 7.14. The number of anilines is 1. The highest BCUT2D eigenvalue weighted by Gasteiger charge is 2.14. The molecule has 1 amide bonds. The third-order valence-electron chi connectivity index (χ3n) is 3.29. The van der Waals surface area contributed by atoms with Crippen LogP contribution in [-0.4, -0.2) is 17.5 Å². The summed E-state index contributed by atoms with van der Waals surface area (Å²) in [6, 6.07) is 7.73. The van der Waals surface area contributed by atoms with Gasteiger partial charge >= 0.3 is 0 Å². The molecular weight excluding hydrogens is 312 g/mol. The number of thiazole rings is 1. The van der Waals surface area contributed by atoms with Crippen LogP contribution in [0.4, 0.5) is 5.13 Å². The van der Waals surface area contributed by atoms with E-state index >= 15 is 0 Å². The fourth-order valence-corrected chi connectivity index (χ4v) is 3.00.